The molecule has 0 radical (unpaired) electrons. The number of rotatable bonds is 2. The number of ether oxygens (including phenoxy) is 3. The lowest BCUT2D eigenvalue weighted by Gasteiger charge is -2.27. The summed E-state index contributed by atoms with van der Waals surface area (Å²) in [6.45, 7) is 11.5. The molecule has 3 aliphatic rings. The molecule has 0 aromatic heterocycles. The molecule has 2 heterocycles. The SMILES string of the molecule is C=C1C(=O)O[C@H]2C[C@]3(C)O[C@@H]3CC/C(C)=C/[C@@H](OC(=O)/C(C)=C\C)[C@@H]12. The molecule has 0 N–H and O–H groups in total. The van der Waals surface area contributed by atoms with Gasteiger partial charge in [0.25, 0.3) is 0 Å². The van der Waals surface area contributed by atoms with Crippen LogP contribution in [0.1, 0.15) is 47.0 Å². The van der Waals surface area contributed by atoms with Crippen LogP contribution in [0.2, 0.25) is 0 Å². The van der Waals surface area contributed by atoms with Crippen LogP contribution in [0.15, 0.2) is 35.5 Å². The molecule has 5 nitrogen and oxygen atoms in total. The van der Waals surface area contributed by atoms with Crippen molar-refractivity contribution in [2.24, 2.45) is 5.92 Å². The van der Waals surface area contributed by atoms with E-state index in [9.17, 15) is 9.59 Å². The Hall–Kier alpha value is -1.88. The highest BCUT2D eigenvalue weighted by molar-refractivity contribution is 5.91. The predicted octanol–water partition coefficient (Wildman–Crippen LogP) is 3.25. The highest BCUT2D eigenvalue weighted by atomic mass is 16.6. The van der Waals surface area contributed by atoms with E-state index < -0.39 is 12.1 Å². The number of esters is 2. The molecule has 0 aromatic rings. The van der Waals surface area contributed by atoms with Gasteiger partial charge in [-0.15, -0.1) is 0 Å². The number of fused-ring (bicyclic) bond motifs is 2. The second kappa shape index (κ2) is 6.45. The summed E-state index contributed by atoms with van der Waals surface area (Å²) >= 11 is 0. The molecule has 2 fully saturated rings. The van der Waals surface area contributed by atoms with Gasteiger partial charge < -0.3 is 14.2 Å². The van der Waals surface area contributed by atoms with Crippen molar-refractivity contribution >= 4 is 11.9 Å². The highest BCUT2D eigenvalue weighted by Crippen LogP contribution is 2.48. The van der Waals surface area contributed by atoms with Gasteiger partial charge in [-0.1, -0.05) is 18.2 Å². The van der Waals surface area contributed by atoms with Crippen LogP contribution < -0.4 is 0 Å². The fourth-order valence-electron chi connectivity index (χ4n) is 3.73. The highest BCUT2D eigenvalue weighted by Gasteiger charge is 2.57. The van der Waals surface area contributed by atoms with E-state index in [0.29, 0.717) is 17.6 Å². The maximum Gasteiger partial charge on any atom is 0.334 e. The number of hydrogen-bond donors (Lipinski definition) is 0. The van der Waals surface area contributed by atoms with Crippen molar-refractivity contribution in [3.63, 3.8) is 0 Å². The van der Waals surface area contributed by atoms with Crippen molar-refractivity contribution < 1.29 is 23.8 Å². The van der Waals surface area contributed by atoms with Crippen LogP contribution in [-0.2, 0) is 23.8 Å². The lowest BCUT2D eigenvalue weighted by atomic mass is 9.83. The molecular formula is C20H26O5. The summed E-state index contributed by atoms with van der Waals surface area (Å²) in [5.41, 5.74) is 1.74. The zero-order valence-corrected chi connectivity index (χ0v) is 15.3. The monoisotopic (exact) mass is 346 g/mol. The van der Waals surface area contributed by atoms with Crippen LogP contribution in [0, 0.1) is 5.92 Å². The lowest BCUT2D eigenvalue weighted by molar-refractivity contribution is -0.145. The molecule has 3 rings (SSSR count). The Kier molecular flexibility index (Phi) is 4.62. The Morgan fingerprint density at radius 3 is 2.88 bits per heavy atom. The normalized spacial score (nSPS) is 40.3. The molecule has 5 atom stereocenters. The minimum absolute atomic E-state index is 0.188. The average Bonchev–Trinajstić information content (AvgIpc) is 3.11. The van der Waals surface area contributed by atoms with E-state index in [1.165, 1.54) is 0 Å². The van der Waals surface area contributed by atoms with E-state index in [2.05, 4.69) is 13.5 Å². The van der Waals surface area contributed by atoms with Crippen LogP contribution in [0.3, 0.4) is 0 Å². The van der Waals surface area contributed by atoms with E-state index in [1.807, 2.05) is 13.0 Å². The summed E-state index contributed by atoms with van der Waals surface area (Å²) in [6, 6.07) is 0. The molecule has 2 aliphatic heterocycles. The molecule has 5 heteroatoms. The van der Waals surface area contributed by atoms with Crippen LogP contribution in [-0.4, -0.2) is 35.9 Å². The van der Waals surface area contributed by atoms with Crippen LogP contribution in [0.4, 0.5) is 0 Å². The van der Waals surface area contributed by atoms with Gasteiger partial charge in [0.15, 0.2) is 0 Å². The summed E-state index contributed by atoms with van der Waals surface area (Å²) in [7, 11) is 0. The Bertz CT molecular complexity index is 674. The van der Waals surface area contributed by atoms with Crippen molar-refractivity contribution in [1.29, 1.82) is 0 Å². The second-order valence-corrected chi connectivity index (χ2v) is 7.51. The van der Waals surface area contributed by atoms with E-state index in [0.717, 1.165) is 18.4 Å². The minimum Gasteiger partial charge on any atom is -0.458 e. The van der Waals surface area contributed by atoms with E-state index in [1.54, 1.807) is 19.9 Å². The van der Waals surface area contributed by atoms with Crippen molar-refractivity contribution in [3.05, 3.63) is 35.5 Å². The third kappa shape index (κ3) is 3.43. The van der Waals surface area contributed by atoms with Gasteiger partial charge in [-0.2, -0.15) is 0 Å². The number of epoxide rings is 1. The smallest absolute Gasteiger partial charge is 0.334 e. The van der Waals surface area contributed by atoms with Crippen LogP contribution in [0.25, 0.3) is 0 Å². The number of allylic oxidation sites excluding steroid dienone is 2. The predicted molar refractivity (Wildman–Crippen MR) is 92.7 cm³/mol. The van der Waals surface area contributed by atoms with E-state index in [4.69, 9.17) is 14.2 Å². The molecule has 0 spiro atoms. The van der Waals surface area contributed by atoms with Crippen molar-refractivity contribution in [3.8, 4) is 0 Å². The van der Waals surface area contributed by atoms with Gasteiger partial charge in [0, 0.05) is 17.6 Å². The summed E-state index contributed by atoms with van der Waals surface area (Å²) in [4.78, 5) is 24.4. The van der Waals surface area contributed by atoms with Crippen LogP contribution >= 0.6 is 0 Å². The standard InChI is InChI=1S/C20H26O5/c1-6-12(3)18(21)23-14-9-11(2)7-8-16-20(5,25-16)10-15-17(14)13(4)19(22)24-15/h6,9,14-17H,4,7-8,10H2,1-3,5H3/b11-9+,12-6-/t14-,15+,16-,17-,20+/m1/s1. The van der Waals surface area contributed by atoms with E-state index >= 15 is 0 Å². The summed E-state index contributed by atoms with van der Waals surface area (Å²) in [5, 5.41) is 0. The molecule has 1 aliphatic carbocycles. The molecule has 0 bridgehead atoms. The fraction of sp³-hybridized carbons (Fsp3) is 0.600. The first-order valence-corrected chi connectivity index (χ1v) is 8.84. The van der Waals surface area contributed by atoms with Gasteiger partial charge in [0.2, 0.25) is 0 Å². The van der Waals surface area contributed by atoms with Crippen LogP contribution in [0.5, 0.6) is 0 Å². The van der Waals surface area contributed by atoms with Crippen molar-refractivity contribution in [1.82, 2.24) is 0 Å². The van der Waals surface area contributed by atoms with Gasteiger partial charge in [-0.05, 0) is 46.6 Å². The van der Waals surface area contributed by atoms with Gasteiger partial charge in [-0.3, -0.25) is 0 Å². The number of carbonyl (C=O) groups is 2. The second-order valence-electron chi connectivity index (χ2n) is 7.51. The molecule has 136 valence electrons. The topological polar surface area (TPSA) is 65.1 Å². The van der Waals surface area contributed by atoms with Gasteiger partial charge in [-0.25, -0.2) is 9.59 Å². The van der Waals surface area contributed by atoms with Gasteiger partial charge >= 0.3 is 11.9 Å². The third-order valence-corrected chi connectivity index (χ3v) is 5.57. The molecule has 0 unspecified atom stereocenters. The van der Waals surface area contributed by atoms with E-state index in [-0.39, 0.29) is 29.7 Å². The van der Waals surface area contributed by atoms with Gasteiger partial charge in [0.1, 0.15) is 12.2 Å². The maximum atomic E-state index is 12.3. The summed E-state index contributed by atoms with van der Waals surface area (Å²) in [5.74, 6) is -1.17. The molecule has 25 heavy (non-hydrogen) atoms. The first-order valence-electron chi connectivity index (χ1n) is 8.84. The maximum absolute atomic E-state index is 12.3. The summed E-state index contributed by atoms with van der Waals surface area (Å²) < 4.78 is 17.2. The Morgan fingerprint density at radius 2 is 2.20 bits per heavy atom. The first-order chi connectivity index (χ1) is 11.7. The minimum atomic E-state index is -0.565. The fourth-order valence-corrected chi connectivity index (χ4v) is 3.73. The molecule has 0 saturated carbocycles. The first kappa shape index (κ1) is 17.9. The third-order valence-electron chi connectivity index (χ3n) is 5.57. The Labute approximate surface area is 148 Å². The Balaban J connectivity index is 1.94. The van der Waals surface area contributed by atoms with Gasteiger partial charge in [0.05, 0.1) is 17.6 Å². The largest absolute Gasteiger partial charge is 0.458 e. The zero-order chi connectivity index (χ0) is 18.4. The molecule has 0 aromatic carbocycles. The lowest BCUT2D eigenvalue weighted by Crippen LogP contribution is -2.35. The molecular weight excluding hydrogens is 320 g/mol. The average molecular weight is 346 g/mol. The quantitative estimate of drug-likeness (QED) is 0.332. The molecule has 2 saturated heterocycles. The Morgan fingerprint density at radius 1 is 1.48 bits per heavy atom. The zero-order valence-electron chi connectivity index (χ0n) is 15.3. The molecule has 0 amide bonds. The van der Waals surface area contributed by atoms with Crippen molar-refractivity contribution in [2.45, 2.75) is 70.9 Å². The summed E-state index contributed by atoms with van der Waals surface area (Å²) in [6.07, 6.45) is 5.27. The van der Waals surface area contributed by atoms with Crippen molar-refractivity contribution in [2.75, 3.05) is 0 Å². The number of hydrogen-bond acceptors (Lipinski definition) is 5. The number of carbonyl (C=O) groups excluding carboxylic acids is 2.